The third-order valence-corrected chi connectivity index (χ3v) is 4.89. The molecule has 0 aromatic carbocycles. The van der Waals surface area contributed by atoms with Crippen molar-refractivity contribution in [1.82, 2.24) is 9.78 Å². The molecule has 5 nitrogen and oxygen atoms in total. The van der Waals surface area contributed by atoms with E-state index < -0.39 is 9.84 Å². The van der Waals surface area contributed by atoms with E-state index in [9.17, 15) is 8.42 Å². The molecule has 0 saturated carbocycles. The second-order valence-electron chi connectivity index (χ2n) is 4.54. The lowest BCUT2D eigenvalue weighted by atomic mass is 10.1. The molecule has 17 heavy (non-hydrogen) atoms. The highest BCUT2D eigenvalue weighted by molar-refractivity contribution is 7.91. The number of hydrogen-bond donors (Lipinski definition) is 1. The molecule has 0 amide bonds. The number of nitrogens with zero attached hydrogens (tertiary/aromatic N) is 2. The van der Waals surface area contributed by atoms with Gasteiger partial charge in [-0.2, -0.15) is 5.10 Å². The van der Waals surface area contributed by atoms with Crippen molar-refractivity contribution in [2.45, 2.75) is 31.7 Å². The molecule has 0 atom stereocenters. The third-order valence-electron chi connectivity index (χ3n) is 3.18. The molecule has 0 bridgehead atoms. The summed E-state index contributed by atoms with van der Waals surface area (Å²) in [5.41, 5.74) is 1.10. The van der Waals surface area contributed by atoms with Gasteiger partial charge >= 0.3 is 0 Å². The maximum absolute atomic E-state index is 11.3. The van der Waals surface area contributed by atoms with Crippen LogP contribution in [0.2, 0.25) is 0 Å². The highest BCUT2D eigenvalue weighted by Gasteiger charge is 2.25. The van der Waals surface area contributed by atoms with Gasteiger partial charge in [0.15, 0.2) is 0 Å². The minimum atomic E-state index is -2.81. The summed E-state index contributed by atoms with van der Waals surface area (Å²) < 4.78 is 24.5. The van der Waals surface area contributed by atoms with E-state index in [-0.39, 0.29) is 24.2 Å². The Morgan fingerprint density at radius 3 is 2.76 bits per heavy atom. The van der Waals surface area contributed by atoms with E-state index in [2.05, 4.69) is 5.10 Å². The van der Waals surface area contributed by atoms with Gasteiger partial charge in [0.2, 0.25) is 0 Å². The van der Waals surface area contributed by atoms with Gasteiger partial charge in [0.05, 0.1) is 23.7 Å². The van der Waals surface area contributed by atoms with Crippen LogP contribution < -0.4 is 0 Å². The topological polar surface area (TPSA) is 72.2 Å². The summed E-state index contributed by atoms with van der Waals surface area (Å²) in [5.74, 6) is 0.535. The van der Waals surface area contributed by atoms with E-state index in [1.807, 2.05) is 10.9 Å². The zero-order valence-electron chi connectivity index (χ0n) is 9.75. The summed E-state index contributed by atoms with van der Waals surface area (Å²) in [6, 6.07) is 0.210. The minimum absolute atomic E-state index is 0.187. The Morgan fingerprint density at radius 1 is 1.41 bits per heavy atom. The van der Waals surface area contributed by atoms with Gasteiger partial charge in [-0.1, -0.05) is 0 Å². The molecule has 0 radical (unpaired) electrons. The van der Waals surface area contributed by atoms with E-state index in [1.165, 1.54) is 0 Å². The monoisotopic (exact) mass is 258 g/mol. The third kappa shape index (κ3) is 3.29. The van der Waals surface area contributed by atoms with Crippen LogP contribution in [-0.4, -0.2) is 41.4 Å². The molecular formula is C11H18N2O3S. The largest absolute Gasteiger partial charge is 0.396 e. The van der Waals surface area contributed by atoms with Crippen molar-refractivity contribution in [2.24, 2.45) is 0 Å². The number of aromatic nitrogens is 2. The lowest BCUT2D eigenvalue weighted by Crippen LogP contribution is -2.25. The molecule has 0 spiro atoms. The number of rotatable bonds is 4. The van der Waals surface area contributed by atoms with E-state index in [1.54, 1.807) is 6.20 Å². The second-order valence-corrected chi connectivity index (χ2v) is 6.84. The molecule has 6 heteroatoms. The first-order valence-electron chi connectivity index (χ1n) is 5.95. The molecule has 1 aliphatic heterocycles. The van der Waals surface area contributed by atoms with E-state index in [0.29, 0.717) is 12.8 Å². The van der Waals surface area contributed by atoms with Crippen LogP contribution >= 0.6 is 0 Å². The van der Waals surface area contributed by atoms with Crippen LogP contribution in [-0.2, 0) is 16.3 Å². The Balaban J connectivity index is 1.96. The normalized spacial score (nSPS) is 20.5. The first-order valence-corrected chi connectivity index (χ1v) is 7.77. The fourth-order valence-electron chi connectivity index (χ4n) is 2.13. The number of hydrogen-bond acceptors (Lipinski definition) is 4. The summed E-state index contributed by atoms with van der Waals surface area (Å²) in [5, 5.41) is 13.0. The van der Waals surface area contributed by atoms with Gasteiger partial charge in [0.1, 0.15) is 9.84 Å². The van der Waals surface area contributed by atoms with Crippen LogP contribution in [0, 0.1) is 0 Å². The number of aryl methyl sites for hydroxylation is 1. The average molecular weight is 258 g/mol. The summed E-state index contributed by atoms with van der Waals surface area (Å²) >= 11 is 0. The van der Waals surface area contributed by atoms with Crippen LogP contribution in [0.1, 0.15) is 30.9 Å². The Hall–Kier alpha value is -0.880. The molecule has 2 heterocycles. The van der Waals surface area contributed by atoms with Crippen molar-refractivity contribution in [2.75, 3.05) is 18.1 Å². The SMILES string of the molecule is O=S1(=O)CCC(n2cc(CCCO)cn2)CC1. The van der Waals surface area contributed by atoms with Crippen molar-refractivity contribution in [1.29, 1.82) is 0 Å². The number of aliphatic hydroxyl groups is 1. The predicted octanol–water partition coefficient (Wildman–Crippen LogP) is 0.558. The Labute approximate surface area is 101 Å². The summed E-state index contributed by atoms with van der Waals surface area (Å²) in [4.78, 5) is 0. The van der Waals surface area contributed by atoms with Gasteiger partial charge in [0.25, 0.3) is 0 Å². The minimum Gasteiger partial charge on any atom is -0.396 e. The number of aliphatic hydroxyl groups excluding tert-OH is 1. The Kier molecular flexibility index (Phi) is 3.83. The van der Waals surface area contributed by atoms with Gasteiger partial charge in [-0.3, -0.25) is 4.68 Å². The van der Waals surface area contributed by atoms with E-state index in [4.69, 9.17) is 5.11 Å². The van der Waals surface area contributed by atoms with Crippen LogP contribution in [0.4, 0.5) is 0 Å². The molecule has 2 rings (SSSR count). The van der Waals surface area contributed by atoms with Crippen molar-refractivity contribution >= 4 is 9.84 Å². The Morgan fingerprint density at radius 2 is 2.12 bits per heavy atom. The summed E-state index contributed by atoms with van der Waals surface area (Å²) in [7, 11) is -2.81. The van der Waals surface area contributed by atoms with E-state index >= 15 is 0 Å². The molecule has 1 N–H and O–H groups in total. The zero-order chi connectivity index (χ0) is 12.3. The first kappa shape index (κ1) is 12.6. The summed E-state index contributed by atoms with van der Waals surface area (Å²) in [6.45, 7) is 0.187. The number of sulfone groups is 1. The second kappa shape index (κ2) is 5.18. The van der Waals surface area contributed by atoms with Gasteiger partial charge in [-0.25, -0.2) is 8.42 Å². The molecule has 1 fully saturated rings. The fourth-order valence-corrected chi connectivity index (χ4v) is 3.60. The van der Waals surface area contributed by atoms with Crippen LogP contribution in [0.15, 0.2) is 12.4 Å². The maximum Gasteiger partial charge on any atom is 0.150 e. The van der Waals surface area contributed by atoms with Crippen molar-refractivity contribution in [3.63, 3.8) is 0 Å². The summed E-state index contributed by atoms with van der Waals surface area (Å²) in [6.07, 6.45) is 6.65. The van der Waals surface area contributed by atoms with Crippen molar-refractivity contribution < 1.29 is 13.5 Å². The molecule has 96 valence electrons. The molecule has 0 unspecified atom stereocenters. The van der Waals surface area contributed by atoms with Gasteiger partial charge in [-0.05, 0) is 31.2 Å². The quantitative estimate of drug-likeness (QED) is 0.856. The molecular weight excluding hydrogens is 240 g/mol. The van der Waals surface area contributed by atoms with Gasteiger partial charge in [0, 0.05) is 12.8 Å². The standard InChI is InChI=1S/C11H18N2O3S/c14-5-1-2-10-8-12-13(9-10)11-3-6-17(15,16)7-4-11/h8-9,11,14H,1-7H2. The zero-order valence-corrected chi connectivity index (χ0v) is 10.6. The fraction of sp³-hybridized carbons (Fsp3) is 0.727. The van der Waals surface area contributed by atoms with Crippen molar-refractivity contribution in [3.8, 4) is 0 Å². The van der Waals surface area contributed by atoms with Crippen LogP contribution in [0.5, 0.6) is 0 Å². The Bertz CT molecular complexity index is 453. The lowest BCUT2D eigenvalue weighted by molar-refractivity contribution is 0.288. The van der Waals surface area contributed by atoms with E-state index in [0.717, 1.165) is 18.4 Å². The lowest BCUT2D eigenvalue weighted by Gasteiger charge is -2.22. The average Bonchev–Trinajstić information content (AvgIpc) is 2.75. The smallest absolute Gasteiger partial charge is 0.150 e. The molecule has 1 saturated heterocycles. The predicted molar refractivity (Wildman–Crippen MR) is 64.6 cm³/mol. The molecule has 0 aliphatic carbocycles. The molecule has 1 aliphatic rings. The highest BCUT2D eigenvalue weighted by atomic mass is 32.2. The maximum atomic E-state index is 11.3. The first-order chi connectivity index (χ1) is 8.11. The van der Waals surface area contributed by atoms with Crippen LogP contribution in [0.25, 0.3) is 0 Å². The van der Waals surface area contributed by atoms with Gasteiger partial charge < -0.3 is 5.11 Å². The molecule has 1 aromatic heterocycles. The van der Waals surface area contributed by atoms with Gasteiger partial charge in [-0.15, -0.1) is 0 Å². The van der Waals surface area contributed by atoms with Crippen LogP contribution in [0.3, 0.4) is 0 Å². The molecule has 1 aromatic rings. The highest BCUT2D eigenvalue weighted by Crippen LogP contribution is 2.23. The van der Waals surface area contributed by atoms with Crippen molar-refractivity contribution in [3.05, 3.63) is 18.0 Å².